The number of halogens is 1. The fourth-order valence-electron chi connectivity index (χ4n) is 2.10. The van der Waals surface area contributed by atoms with Crippen molar-refractivity contribution in [2.24, 2.45) is 0 Å². The van der Waals surface area contributed by atoms with Crippen LogP contribution < -0.4 is 5.32 Å². The average molecular weight is 264 g/mol. The molecule has 0 bridgehead atoms. The first-order valence-corrected chi connectivity index (χ1v) is 6.76. The first kappa shape index (κ1) is 13.2. The van der Waals surface area contributed by atoms with Gasteiger partial charge >= 0.3 is 0 Å². The van der Waals surface area contributed by atoms with Crippen LogP contribution >= 0.6 is 11.6 Å². The van der Waals surface area contributed by atoms with E-state index in [0.29, 0.717) is 6.54 Å². The summed E-state index contributed by atoms with van der Waals surface area (Å²) in [6.07, 6.45) is 3.80. The molecule has 1 aromatic rings. The minimum atomic E-state index is -0.0136. The largest absolute Gasteiger partial charge is 0.348 e. The lowest BCUT2D eigenvalue weighted by Gasteiger charge is -2.15. The number of hydrogen-bond acceptors (Lipinski definition) is 1. The number of benzene rings is 1. The van der Waals surface area contributed by atoms with Crippen LogP contribution in [-0.2, 0) is 11.3 Å². The molecule has 0 saturated carbocycles. The van der Waals surface area contributed by atoms with Crippen molar-refractivity contribution >= 4 is 17.5 Å². The van der Waals surface area contributed by atoms with Crippen LogP contribution in [-0.4, -0.2) is 5.91 Å². The fourth-order valence-corrected chi connectivity index (χ4v) is 2.41. The highest BCUT2D eigenvalue weighted by Crippen LogP contribution is 2.27. The van der Waals surface area contributed by atoms with Gasteiger partial charge in [0.1, 0.15) is 0 Å². The molecule has 0 aromatic heterocycles. The van der Waals surface area contributed by atoms with Crippen molar-refractivity contribution in [2.45, 2.75) is 39.2 Å². The quantitative estimate of drug-likeness (QED) is 0.886. The molecule has 0 atom stereocenters. The van der Waals surface area contributed by atoms with Gasteiger partial charge < -0.3 is 5.32 Å². The maximum Gasteiger partial charge on any atom is 0.248 e. The lowest BCUT2D eigenvalue weighted by molar-refractivity contribution is -0.117. The Labute approximate surface area is 113 Å². The van der Waals surface area contributed by atoms with E-state index >= 15 is 0 Å². The normalized spacial score (nSPS) is 15.7. The van der Waals surface area contributed by atoms with Gasteiger partial charge in [0.25, 0.3) is 0 Å². The number of rotatable bonds is 3. The summed E-state index contributed by atoms with van der Waals surface area (Å²) in [6.45, 7) is 2.61. The maximum absolute atomic E-state index is 12.0. The lowest BCUT2D eigenvalue weighted by atomic mass is 9.98. The summed E-state index contributed by atoms with van der Waals surface area (Å²) >= 11 is 6.10. The number of aryl methyl sites for hydroxylation is 1. The third-order valence-corrected chi connectivity index (χ3v) is 3.67. The number of allylic oxidation sites excluding steroid dienone is 1. The summed E-state index contributed by atoms with van der Waals surface area (Å²) in [5.41, 5.74) is 3.11. The molecule has 0 spiro atoms. The standard InChI is InChI=1S/C15H18ClNO/c1-11-6-8-12(9-7-11)10-17-15(18)13-4-2-3-5-14(13)16/h6-9H,2-5,10H2,1H3,(H,17,18). The Hall–Kier alpha value is -1.28. The number of carbonyl (C=O) groups excluding carboxylic acids is 1. The highest BCUT2D eigenvalue weighted by atomic mass is 35.5. The molecular formula is C15H18ClNO. The SMILES string of the molecule is Cc1ccc(CNC(=O)C2=C(Cl)CCCC2)cc1. The average Bonchev–Trinajstić information content (AvgIpc) is 2.38. The molecule has 2 nitrogen and oxygen atoms in total. The second kappa shape index (κ2) is 6.05. The van der Waals surface area contributed by atoms with Crippen molar-refractivity contribution in [2.75, 3.05) is 0 Å². The third-order valence-electron chi connectivity index (χ3n) is 3.25. The van der Waals surface area contributed by atoms with Crippen LogP contribution in [0.15, 0.2) is 34.9 Å². The Kier molecular flexibility index (Phi) is 4.43. The van der Waals surface area contributed by atoms with Gasteiger partial charge in [-0.2, -0.15) is 0 Å². The van der Waals surface area contributed by atoms with E-state index in [1.807, 2.05) is 24.3 Å². The molecule has 18 heavy (non-hydrogen) atoms. The lowest BCUT2D eigenvalue weighted by Crippen LogP contribution is -2.26. The molecule has 1 amide bonds. The van der Waals surface area contributed by atoms with Crippen molar-refractivity contribution in [3.63, 3.8) is 0 Å². The van der Waals surface area contributed by atoms with Crippen LogP contribution in [0.5, 0.6) is 0 Å². The molecule has 2 rings (SSSR count). The van der Waals surface area contributed by atoms with Crippen molar-refractivity contribution < 1.29 is 4.79 Å². The summed E-state index contributed by atoms with van der Waals surface area (Å²) in [5, 5.41) is 3.68. The minimum Gasteiger partial charge on any atom is -0.348 e. The molecule has 0 radical (unpaired) electrons. The van der Waals surface area contributed by atoms with Gasteiger partial charge in [-0.05, 0) is 38.2 Å². The molecule has 1 aliphatic carbocycles. The van der Waals surface area contributed by atoms with Gasteiger partial charge in [-0.1, -0.05) is 41.4 Å². The Balaban J connectivity index is 1.94. The number of hydrogen-bond donors (Lipinski definition) is 1. The van der Waals surface area contributed by atoms with Crippen LogP contribution in [0, 0.1) is 6.92 Å². The molecule has 3 heteroatoms. The van der Waals surface area contributed by atoms with E-state index in [1.165, 1.54) is 5.56 Å². The summed E-state index contributed by atoms with van der Waals surface area (Å²) in [6, 6.07) is 8.17. The van der Waals surface area contributed by atoms with E-state index < -0.39 is 0 Å². The Bertz CT molecular complexity index is 462. The van der Waals surface area contributed by atoms with Gasteiger partial charge in [-0.15, -0.1) is 0 Å². The second-order valence-corrected chi connectivity index (χ2v) is 5.22. The second-order valence-electron chi connectivity index (χ2n) is 4.76. The summed E-state index contributed by atoms with van der Waals surface area (Å²) in [4.78, 5) is 12.0. The number of amides is 1. The Morgan fingerprint density at radius 3 is 2.56 bits per heavy atom. The zero-order valence-electron chi connectivity index (χ0n) is 10.6. The van der Waals surface area contributed by atoms with Gasteiger partial charge in [0.15, 0.2) is 0 Å². The van der Waals surface area contributed by atoms with Crippen molar-refractivity contribution in [1.82, 2.24) is 5.32 Å². The fraction of sp³-hybridized carbons (Fsp3) is 0.400. The first-order chi connectivity index (χ1) is 8.66. The van der Waals surface area contributed by atoms with Crippen molar-refractivity contribution in [3.8, 4) is 0 Å². The van der Waals surface area contributed by atoms with Crippen LogP contribution in [0.4, 0.5) is 0 Å². The molecule has 0 aliphatic heterocycles. The molecule has 1 aromatic carbocycles. The predicted octanol–water partition coefficient (Wildman–Crippen LogP) is 3.68. The predicted molar refractivity (Wildman–Crippen MR) is 74.4 cm³/mol. The van der Waals surface area contributed by atoms with Crippen LogP contribution in [0.25, 0.3) is 0 Å². The Morgan fingerprint density at radius 1 is 1.22 bits per heavy atom. The molecule has 1 N–H and O–H groups in total. The number of nitrogens with one attached hydrogen (secondary N) is 1. The van der Waals surface area contributed by atoms with Gasteiger partial charge in [-0.3, -0.25) is 4.79 Å². The minimum absolute atomic E-state index is 0.0136. The van der Waals surface area contributed by atoms with E-state index in [-0.39, 0.29) is 5.91 Å². The highest BCUT2D eigenvalue weighted by molar-refractivity contribution is 6.31. The molecule has 0 unspecified atom stereocenters. The van der Waals surface area contributed by atoms with Gasteiger partial charge in [0, 0.05) is 17.2 Å². The molecular weight excluding hydrogens is 246 g/mol. The smallest absolute Gasteiger partial charge is 0.248 e. The van der Waals surface area contributed by atoms with Crippen molar-refractivity contribution in [3.05, 3.63) is 46.0 Å². The van der Waals surface area contributed by atoms with Gasteiger partial charge in [-0.25, -0.2) is 0 Å². The number of carbonyl (C=O) groups is 1. The highest BCUT2D eigenvalue weighted by Gasteiger charge is 2.17. The molecule has 0 fully saturated rings. The molecule has 0 saturated heterocycles. The molecule has 96 valence electrons. The van der Waals surface area contributed by atoms with E-state index in [0.717, 1.165) is 41.9 Å². The van der Waals surface area contributed by atoms with Crippen LogP contribution in [0.3, 0.4) is 0 Å². The van der Waals surface area contributed by atoms with E-state index in [4.69, 9.17) is 11.6 Å². The van der Waals surface area contributed by atoms with Gasteiger partial charge in [0.2, 0.25) is 5.91 Å². The van der Waals surface area contributed by atoms with Gasteiger partial charge in [0.05, 0.1) is 0 Å². The van der Waals surface area contributed by atoms with Crippen LogP contribution in [0.1, 0.15) is 36.8 Å². The zero-order valence-corrected chi connectivity index (χ0v) is 11.4. The third kappa shape index (κ3) is 3.36. The summed E-state index contributed by atoms with van der Waals surface area (Å²) < 4.78 is 0. The van der Waals surface area contributed by atoms with E-state index in [9.17, 15) is 4.79 Å². The zero-order chi connectivity index (χ0) is 13.0. The monoisotopic (exact) mass is 263 g/mol. The summed E-state index contributed by atoms with van der Waals surface area (Å²) in [7, 11) is 0. The topological polar surface area (TPSA) is 29.1 Å². The molecule has 0 heterocycles. The van der Waals surface area contributed by atoms with E-state index in [1.54, 1.807) is 0 Å². The maximum atomic E-state index is 12.0. The van der Waals surface area contributed by atoms with Crippen molar-refractivity contribution in [1.29, 1.82) is 0 Å². The first-order valence-electron chi connectivity index (χ1n) is 6.38. The molecule has 1 aliphatic rings. The van der Waals surface area contributed by atoms with Crippen LogP contribution in [0.2, 0.25) is 0 Å². The van der Waals surface area contributed by atoms with E-state index in [2.05, 4.69) is 12.2 Å². The summed E-state index contributed by atoms with van der Waals surface area (Å²) in [5.74, 6) is -0.0136. The Morgan fingerprint density at radius 2 is 1.89 bits per heavy atom.